The second kappa shape index (κ2) is 6.89. The molecule has 2 amide bonds. The molecule has 0 saturated heterocycles. The summed E-state index contributed by atoms with van der Waals surface area (Å²) in [6.45, 7) is -0.0137. The van der Waals surface area contributed by atoms with Gasteiger partial charge in [0.1, 0.15) is 12.3 Å². The largest absolute Gasteiger partial charge is 0.448 e. The van der Waals surface area contributed by atoms with Gasteiger partial charge in [-0.15, -0.1) is 0 Å². The van der Waals surface area contributed by atoms with Crippen LogP contribution in [0.2, 0.25) is 0 Å². The molecule has 0 aliphatic heterocycles. The van der Waals surface area contributed by atoms with Crippen molar-refractivity contribution in [1.29, 1.82) is 0 Å². The van der Waals surface area contributed by atoms with Crippen LogP contribution >= 0.6 is 0 Å². The SMILES string of the molecule is NNc1cc(C(=O)NCCOC(N)=O)ccc1[N+](=O)[O-]. The summed E-state index contributed by atoms with van der Waals surface area (Å²) in [7, 11) is 0. The molecular formula is C10H13N5O5. The molecule has 1 aromatic rings. The number of carbonyl (C=O) groups is 2. The van der Waals surface area contributed by atoms with E-state index in [0.29, 0.717) is 0 Å². The highest BCUT2D eigenvalue weighted by Gasteiger charge is 2.15. The first-order valence-corrected chi connectivity index (χ1v) is 5.41. The van der Waals surface area contributed by atoms with Gasteiger partial charge in [-0.1, -0.05) is 0 Å². The van der Waals surface area contributed by atoms with Crippen LogP contribution in [0.3, 0.4) is 0 Å². The fraction of sp³-hybridized carbons (Fsp3) is 0.200. The summed E-state index contributed by atoms with van der Waals surface area (Å²) in [5.74, 6) is 4.66. The molecule has 0 heterocycles. The smallest absolute Gasteiger partial charge is 0.404 e. The van der Waals surface area contributed by atoms with Gasteiger partial charge in [-0.3, -0.25) is 20.8 Å². The maximum Gasteiger partial charge on any atom is 0.404 e. The number of benzene rings is 1. The summed E-state index contributed by atoms with van der Waals surface area (Å²) < 4.78 is 4.43. The van der Waals surface area contributed by atoms with Gasteiger partial charge < -0.3 is 21.2 Å². The van der Waals surface area contributed by atoms with E-state index in [4.69, 9.17) is 11.6 Å². The molecule has 0 fully saturated rings. The van der Waals surface area contributed by atoms with Crippen molar-refractivity contribution in [2.24, 2.45) is 11.6 Å². The van der Waals surface area contributed by atoms with E-state index >= 15 is 0 Å². The molecule has 10 nitrogen and oxygen atoms in total. The van der Waals surface area contributed by atoms with Gasteiger partial charge in [0.05, 0.1) is 11.5 Å². The molecule has 6 N–H and O–H groups in total. The minimum Gasteiger partial charge on any atom is -0.448 e. The van der Waals surface area contributed by atoms with Gasteiger partial charge in [-0.2, -0.15) is 0 Å². The zero-order valence-electron chi connectivity index (χ0n) is 10.3. The van der Waals surface area contributed by atoms with E-state index in [-0.39, 0.29) is 30.1 Å². The van der Waals surface area contributed by atoms with E-state index in [2.05, 4.69) is 15.5 Å². The third-order valence-electron chi connectivity index (χ3n) is 2.24. The summed E-state index contributed by atoms with van der Waals surface area (Å²) in [4.78, 5) is 32.1. The first kappa shape index (κ1) is 15.2. The summed E-state index contributed by atoms with van der Waals surface area (Å²) in [5, 5.41) is 13.1. The predicted octanol–water partition coefficient (Wildman–Crippen LogP) is -0.294. The van der Waals surface area contributed by atoms with E-state index in [1.165, 1.54) is 12.1 Å². The molecule has 0 bridgehead atoms. The fourth-order valence-electron chi connectivity index (χ4n) is 1.37. The molecule has 0 spiro atoms. The molecular weight excluding hydrogens is 270 g/mol. The Labute approximate surface area is 113 Å². The number of nitro groups is 1. The standard InChI is InChI=1S/C10H13N5O5/c11-10(17)20-4-3-13-9(16)6-1-2-8(15(18)19)7(5-6)14-12/h1-2,5,14H,3-4,12H2,(H2,11,17)(H,13,16). The van der Waals surface area contributed by atoms with Crippen molar-refractivity contribution in [2.45, 2.75) is 0 Å². The number of primary amides is 1. The number of nitrogen functional groups attached to an aromatic ring is 1. The average molecular weight is 283 g/mol. The number of nitrogens with one attached hydrogen (secondary N) is 2. The van der Waals surface area contributed by atoms with Crippen LogP contribution in [0.5, 0.6) is 0 Å². The van der Waals surface area contributed by atoms with Crippen LogP contribution < -0.4 is 22.3 Å². The summed E-state index contributed by atoms with van der Waals surface area (Å²) in [6.07, 6.45) is -0.941. The van der Waals surface area contributed by atoms with Crippen molar-refractivity contribution in [3.63, 3.8) is 0 Å². The van der Waals surface area contributed by atoms with E-state index in [9.17, 15) is 19.7 Å². The molecule has 20 heavy (non-hydrogen) atoms. The Morgan fingerprint density at radius 1 is 1.40 bits per heavy atom. The molecule has 10 heteroatoms. The molecule has 0 atom stereocenters. The maximum atomic E-state index is 11.7. The second-order valence-corrected chi connectivity index (χ2v) is 3.56. The molecule has 0 saturated carbocycles. The normalized spacial score (nSPS) is 9.65. The Bertz CT molecular complexity index is 533. The van der Waals surface area contributed by atoms with E-state index in [1.54, 1.807) is 0 Å². The van der Waals surface area contributed by atoms with E-state index in [1.807, 2.05) is 0 Å². The maximum absolute atomic E-state index is 11.7. The summed E-state index contributed by atoms with van der Waals surface area (Å²) >= 11 is 0. The van der Waals surface area contributed by atoms with Crippen molar-refractivity contribution < 1.29 is 19.2 Å². The zero-order valence-corrected chi connectivity index (χ0v) is 10.3. The molecule has 0 aromatic heterocycles. The van der Waals surface area contributed by atoms with Gasteiger partial charge in [0.25, 0.3) is 11.6 Å². The third kappa shape index (κ3) is 4.10. The molecule has 0 radical (unpaired) electrons. The van der Waals surface area contributed by atoms with Crippen molar-refractivity contribution in [3.05, 3.63) is 33.9 Å². The topological polar surface area (TPSA) is 163 Å². The number of nitro benzene ring substituents is 1. The first-order valence-electron chi connectivity index (χ1n) is 5.41. The van der Waals surface area contributed by atoms with Crippen molar-refractivity contribution in [3.8, 4) is 0 Å². The lowest BCUT2D eigenvalue weighted by atomic mass is 10.1. The predicted molar refractivity (Wildman–Crippen MR) is 68.8 cm³/mol. The third-order valence-corrected chi connectivity index (χ3v) is 2.24. The highest BCUT2D eigenvalue weighted by Crippen LogP contribution is 2.24. The van der Waals surface area contributed by atoms with E-state index in [0.717, 1.165) is 6.07 Å². The van der Waals surface area contributed by atoms with Crippen LogP contribution in [0.25, 0.3) is 0 Å². The molecule has 0 aliphatic rings. The fourth-order valence-corrected chi connectivity index (χ4v) is 1.37. The molecule has 0 aliphatic carbocycles. The van der Waals surface area contributed by atoms with E-state index < -0.39 is 16.9 Å². The molecule has 1 rings (SSSR count). The Morgan fingerprint density at radius 3 is 2.65 bits per heavy atom. The lowest BCUT2D eigenvalue weighted by Gasteiger charge is -2.07. The number of nitrogens with two attached hydrogens (primary N) is 2. The molecule has 0 unspecified atom stereocenters. The van der Waals surface area contributed by atoms with Gasteiger partial charge in [0.2, 0.25) is 0 Å². The number of hydrogen-bond acceptors (Lipinski definition) is 7. The van der Waals surface area contributed by atoms with Crippen LogP contribution in [0.4, 0.5) is 16.2 Å². The minimum absolute atomic E-state index is 0.0102. The number of hydrazine groups is 1. The summed E-state index contributed by atoms with van der Waals surface area (Å²) in [5.41, 5.74) is 6.82. The lowest BCUT2D eigenvalue weighted by molar-refractivity contribution is -0.384. The first-order chi connectivity index (χ1) is 9.45. The number of hydrogen-bond donors (Lipinski definition) is 4. The second-order valence-electron chi connectivity index (χ2n) is 3.56. The van der Waals surface area contributed by atoms with Gasteiger partial charge in [0.15, 0.2) is 0 Å². The molecule has 108 valence electrons. The number of anilines is 1. The van der Waals surface area contributed by atoms with Crippen molar-refractivity contribution in [1.82, 2.24) is 5.32 Å². The monoisotopic (exact) mass is 283 g/mol. The number of rotatable bonds is 6. The van der Waals surface area contributed by atoms with Crippen LogP contribution in [0, 0.1) is 10.1 Å². The van der Waals surface area contributed by atoms with Crippen LogP contribution in [0.15, 0.2) is 18.2 Å². The quantitative estimate of drug-likeness (QED) is 0.241. The van der Waals surface area contributed by atoms with Crippen LogP contribution in [0.1, 0.15) is 10.4 Å². The van der Waals surface area contributed by atoms with Gasteiger partial charge in [-0.25, -0.2) is 4.79 Å². The molecule has 1 aromatic carbocycles. The number of nitrogens with zero attached hydrogens (tertiary/aromatic N) is 1. The van der Waals surface area contributed by atoms with Gasteiger partial charge in [-0.05, 0) is 12.1 Å². The number of ether oxygens (including phenoxy) is 1. The van der Waals surface area contributed by atoms with Crippen molar-refractivity contribution >= 4 is 23.4 Å². The summed E-state index contributed by atoms with van der Waals surface area (Å²) in [6, 6.07) is 3.68. The number of amides is 2. The Balaban J connectivity index is 2.69. The zero-order chi connectivity index (χ0) is 15.1. The minimum atomic E-state index is -0.941. The Morgan fingerprint density at radius 2 is 2.10 bits per heavy atom. The Kier molecular flexibility index (Phi) is 5.23. The highest BCUT2D eigenvalue weighted by atomic mass is 16.6. The van der Waals surface area contributed by atoms with Crippen LogP contribution in [-0.2, 0) is 4.74 Å². The van der Waals surface area contributed by atoms with Crippen molar-refractivity contribution in [2.75, 3.05) is 18.6 Å². The lowest BCUT2D eigenvalue weighted by Crippen LogP contribution is -2.29. The number of carbonyl (C=O) groups excluding carboxylic acids is 2. The van der Waals surface area contributed by atoms with Crippen LogP contribution in [-0.4, -0.2) is 30.1 Å². The van der Waals surface area contributed by atoms with Gasteiger partial charge in [0, 0.05) is 11.6 Å². The highest BCUT2D eigenvalue weighted by molar-refractivity contribution is 5.95. The average Bonchev–Trinajstić information content (AvgIpc) is 2.42. The van der Waals surface area contributed by atoms with Gasteiger partial charge >= 0.3 is 6.09 Å². The Hall–Kier alpha value is -2.88.